The van der Waals surface area contributed by atoms with Gasteiger partial charge < -0.3 is 0 Å². The van der Waals surface area contributed by atoms with Crippen LogP contribution >= 0.6 is 0 Å². The van der Waals surface area contributed by atoms with Crippen molar-refractivity contribution in [3.63, 3.8) is 0 Å². The Balaban J connectivity index is 1.23. The van der Waals surface area contributed by atoms with E-state index >= 15 is 0 Å². The molecule has 0 spiro atoms. The van der Waals surface area contributed by atoms with Crippen LogP contribution < -0.4 is 0 Å². The van der Waals surface area contributed by atoms with Gasteiger partial charge in [-0.2, -0.15) is 0 Å². The molecular formula is C20H28N12. The predicted molar refractivity (Wildman–Crippen MR) is 113 cm³/mol. The summed E-state index contributed by atoms with van der Waals surface area (Å²) in [5.41, 5.74) is 4.06. The monoisotopic (exact) mass is 436 g/mol. The minimum Gasteiger partial charge on any atom is -0.252 e. The van der Waals surface area contributed by atoms with Gasteiger partial charge >= 0.3 is 0 Å². The summed E-state index contributed by atoms with van der Waals surface area (Å²) in [7, 11) is 0. The second kappa shape index (κ2) is 9.79. The lowest BCUT2D eigenvalue weighted by molar-refractivity contribution is 0.484. The molecule has 0 atom stereocenters. The Morgan fingerprint density at radius 3 is 0.969 bits per heavy atom. The molecule has 0 aliphatic carbocycles. The van der Waals surface area contributed by atoms with Gasteiger partial charge in [0.15, 0.2) is 0 Å². The molecule has 8 bridgehead atoms. The van der Waals surface area contributed by atoms with E-state index in [0.717, 1.165) is 100 Å². The average molecular weight is 437 g/mol. The lowest BCUT2D eigenvalue weighted by atomic mass is 10.2. The standard InChI is InChI=1S/C20H28N12/c1-5-17-13-29(25-21-17)9-3-11-31-15-19(23-27-31)7-2-8-20-16-32(28-24-20)12-4-10-30-14-18(6-1)22-26-30/h13-16H,1-12H2. The summed E-state index contributed by atoms with van der Waals surface area (Å²) >= 11 is 0. The Hall–Kier alpha value is -3.44. The van der Waals surface area contributed by atoms with E-state index in [0.29, 0.717) is 0 Å². The van der Waals surface area contributed by atoms with Crippen LogP contribution in [0.3, 0.4) is 0 Å². The molecule has 12 nitrogen and oxygen atoms in total. The second-order valence-electron chi connectivity index (χ2n) is 8.31. The Labute approximate surface area is 185 Å². The maximum Gasteiger partial charge on any atom is 0.0827 e. The fourth-order valence-corrected chi connectivity index (χ4v) is 3.94. The first-order valence-electron chi connectivity index (χ1n) is 11.4. The second-order valence-corrected chi connectivity index (χ2v) is 8.31. The first-order chi connectivity index (χ1) is 15.8. The number of aryl methyl sites for hydroxylation is 8. The fraction of sp³-hybridized carbons (Fsp3) is 0.600. The SMILES string of the molecule is c1c2nnn1CCCn1cc(nn1)CCCc1cn(nn1)CCCn1cc(nn1)CCC2. The Kier molecular flexibility index (Phi) is 6.26. The van der Waals surface area contributed by atoms with E-state index in [-0.39, 0.29) is 0 Å². The van der Waals surface area contributed by atoms with Crippen LogP contribution in [-0.4, -0.2) is 60.0 Å². The highest BCUT2D eigenvalue weighted by molar-refractivity contribution is 4.98. The molecule has 0 radical (unpaired) electrons. The molecule has 0 aromatic carbocycles. The molecule has 12 heteroatoms. The van der Waals surface area contributed by atoms with E-state index in [4.69, 9.17) is 0 Å². The highest BCUT2D eigenvalue weighted by Crippen LogP contribution is 2.07. The van der Waals surface area contributed by atoms with Gasteiger partial charge in [0.25, 0.3) is 0 Å². The van der Waals surface area contributed by atoms with Crippen LogP contribution in [-0.2, 0) is 51.9 Å². The zero-order valence-electron chi connectivity index (χ0n) is 18.2. The molecule has 168 valence electrons. The van der Waals surface area contributed by atoms with Crippen LogP contribution in [0.5, 0.6) is 0 Å². The van der Waals surface area contributed by atoms with E-state index in [9.17, 15) is 0 Å². The van der Waals surface area contributed by atoms with Crippen LogP contribution in [0.25, 0.3) is 0 Å². The van der Waals surface area contributed by atoms with Crippen molar-refractivity contribution in [3.8, 4) is 0 Å². The van der Waals surface area contributed by atoms with Gasteiger partial charge in [-0.25, -0.2) is 0 Å². The Morgan fingerprint density at radius 1 is 0.406 bits per heavy atom. The zero-order valence-corrected chi connectivity index (χ0v) is 18.2. The normalized spacial score (nSPS) is 16.5. The maximum absolute atomic E-state index is 4.30. The third kappa shape index (κ3) is 5.42. The maximum atomic E-state index is 4.30. The molecule has 4 aromatic heterocycles. The van der Waals surface area contributed by atoms with E-state index in [1.807, 2.05) is 43.5 Å². The van der Waals surface area contributed by atoms with E-state index in [2.05, 4.69) is 41.2 Å². The molecule has 0 fully saturated rings. The lowest BCUT2D eigenvalue weighted by Crippen LogP contribution is -2.05. The highest BCUT2D eigenvalue weighted by atomic mass is 15.4. The van der Waals surface area contributed by atoms with Gasteiger partial charge in [0.2, 0.25) is 0 Å². The van der Waals surface area contributed by atoms with Gasteiger partial charge in [0.05, 0.1) is 22.8 Å². The van der Waals surface area contributed by atoms with Gasteiger partial charge in [0.1, 0.15) is 0 Å². The van der Waals surface area contributed by atoms with E-state index in [1.54, 1.807) is 0 Å². The molecule has 0 saturated carbocycles. The molecule has 0 saturated heterocycles. The minimum absolute atomic E-state index is 0.812. The number of hydrogen-bond acceptors (Lipinski definition) is 8. The number of fused-ring (bicyclic) bond motifs is 8. The van der Waals surface area contributed by atoms with Crippen molar-refractivity contribution in [1.29, 1.82) is 0 Å². The molecule has 5 heterocycles. The van der Waals surface area contributed by atoms with Crippen molar-refractivity contribution >= 4 is 0 Å². The van der Waals surface area contributed by atoms with Crippen LogP contribution in [0.15, 0.2) is 24.8 Å². The molecule has 5 rings (SSSR count). The Morgan fingerprint density at radius 2 is 0.688 bits per heavy atom. The predicted octanol–water partition coefficient (Wildman–Crippen LogP) is 0.897. The van der Waals surface area contributed by atoms with Gasteiger partial charge in [-0.15, -0.1) is 20.4 Å². The Bertz CT molecular complexity index is 868. The average Bonchev–Trinajstić information content (AvgIpc) is 3.57. The third-order valence-electron chi connectivity index (χ3n) is 5.62. The molecule has 32 heavy (non-hydrogen) atoms. The molecule has 0 amide bonds. The number of hydrogen-bond donors (Lipinski definition) is 0. The minimum atomic E-state index is 0.812. The third-order valence-corrected chi connectivity index (χ3v) is 5.62. The zero-order chi connectivity index (χ0) is 21.6. The first-order valence-corrected chi connectivity index (χ1v) is 11.4. The van der Waals surface area contributed by atoms with Crippen LogP contribution in [0.4, 0.5) is 0 Å². The molecule has 1 aliphatic rings. The van der Waals surface area contributed by atoms with Gasteiger partial charge in [0, 0.05) is 51.0 Å². The molecular weight excluding hydrogens is 408 g/mol. The smallest absolute Gasteiger partial charge is 0.0827 e. The summed E-state index contributed by atoms with van der Waals surface area (Å²) in [5, 5.41) is 34.2. The topological polar surface area (TPSA) is 123 Å². The van der Waals surface area contributed by atoms with Crippen molar-refractivity contribution in [2.75, 3.05) is 0 Å². The summed E-state index contributed by atoms with van der Waals surface area (Å²) in [4.78, 5) is 0. The summed E-state index contributed by atoms with van der Waals surface area (Å²) in [6, 6.07) is 0. The van der Waals surface area contributed by atoms with Crippen molar-refractivity contribution in [3.05, 3.63) is 47.6 Å². The molecule has 0 N–H and O–H groups in total. The van der Waals surface area contributed by atoms with Crippen molar-refractivity contribution in [2.24, 2.45) is 0 Å². The van der Waals surface area contributed by atoms with Gasteiger partial charge in [-0.05, 0) is 51.4 Å². The quantitative estimate of drug-likeness (QED) is 0.398. The summed E-state index contributed by atoms with van der Waals surface area (Å²) in [5.74, 6) is 0. The summed E-state index contributed by atoms with van der Waals surface area (Å²) in [6.45, 7) is 3.25. The van der Waals surface area contributed by atoms with E-state index < -0.39 is 0 Å². The number of nitrogens with zero attached hydrogens (tertiary/aromatic N) is 12. The fourth-order valence-electron chi connectivity index (χ4n) is 3.94. The summed E-state index contributed by atoms with van der Waals surface area (Å²) in [6.07, 6.45) is 15.5. The van der Waals surface area contributed by atoms with Crippen molar-refractivity contribution in [2.45, 2.75) is 77.5 Å². The molecule has 1 aliphatic heterocycles. The van der Waals surface area contributed by atoms with E-state index in [1.165, 1.54) is 0 Å². The summed E-state index contributed by atoms with van der Waals surface area (Å²) < 4.78 is 7.65. The first kappa shape index (κ1) is 20.5. The van der Waals surface area contributed by atoms with Gasteiger partial charge in [-0.1, -0.05) is 20.9 Å². The largest absolute Gasteiger partial charge is 0.252 e. The number of rotatable bonds is 0. The van der Waals surface area contributed by atoms with Crippen LogP contribution in [0.1, 0.15) is 48.5 Å². The van der Waals surface area contributed by atoms with Crippen LogP contribution in [0, 0.1) is 0 Å². The van der Waals surface area contributed by atoms with Crippen molar-refractivity contribution < 1.29 is 0 Å². The van der Waals surface area contributed by atoms with Crippen LogP contribution in [0.2, 0.25) is 0 Å². The molecule has 4 aromatic rings. The lowest BCUT2D eigenvalue weighted by Gasteiger charge is -2.01. The molecule has 0 unspecified atom stereocenters. The number of aromatic nitrogens is 12. The van der Waals surface area contributed by atoms with Crippen molar-refractivity contribution in [1.82, 2.24) is 60.0 Å². The van der Waals surface area contributed by atoms with Gasteiger partial charge in [-0.3, -0.25) is 18.7 Å². The highest BCUT2D eigenvalue weighted by Gasteiger charge is 2.07.